The van der Waals surface area contributed by atoms with Crippen LogP contribution in [0.25, 0.3) is 0 Å². The van der Waals surface area contributed by atoms with Gasteiger partial charge in [0.15, 0.2) is 0 Å². The number of hydrogen-bond donors (Lipinski definition) is 10. The summed E-state index contributed by atoms with van der Waals surface area (Å²) in [7, 11) is 0. The van der Waals surface area contributed by atoms with Gasteiger partial charge >= 0.3 is 0 Å². The van der Waals surface area contributed by atoms with E-state index in [1.807, 2.05) is 0 Å². The Labute approximate surface area is 137 Å². The molecule has 12 nitrogen and oxygen atoms in total. The molecule has 0 aromatic carbocycles. The Kier molecular flexibility index (Phi) is 13.9. The maximum Gasteiger partial charge on any atom is 0.139 e. The van der Waals surface area contributed by atoms with Gasteiger partial charge in [-0.2, -0.15) is 0 Å². The van der Waals surface area contributed by atoms with Crippen molar-refractivity contribution in [1.29, 1.82) is 0 Å². The van der Waals surface area contributed by atoms with E-state index in [2.05, 4.69) is 0 Å². The number of hydrogen-bond acceptors (Lipinski definition) is 12. The van der Waals surface area contributed by atoms with E-state index >= 15 is 0 Å². The Balaban J connectivity index is 0. The predicted octanol–water partition coefficient (Wildman–Crippen LogP) is -6.82. The van der Waals surface area contributed by atoms with Gasteiger partial charge in [-0.3, -0.25) is 0 Å². The molecule has 0 heterocycles. The molecule has 0 aliphatic rings. The molecule has 0 aromatic heterocycles. The molecule has 0 saturated heterocycles. The van der Waals surface area contributed by atoms with Crippen molar-refractivity contribution in [3.8, 4) is 0 Å². The fraction of sp³-hybridized carbons (Fsp3) is 0.833. The zero-order chi connectivity index (χ0) is 19.4. The zero-order valence-corrected chi connectivity index (χ0v) is 12.7. The van der Waals surface area contributed by atoms with E-state index in [0.717, 1.165) is 0 Å². The second kappa shape index (κ2) is 13.3. The third-order valence-corrected chi connectivity index (χ3v) is 2.97. The van der Waals surface area contributed by atoms with Crippen LogP contribution in [0.2, 0.25) is 0 Å². The van der Waals surface area contributed by atoms with Crippen molar-refractivity contribution in [3.05, 3.63) is 0 Å². The van der Waals surface area contributed by atoms with Gasteiger partial charge < -0.3 is 61.9 Å². The fourth-order valence-corrected chi connectivity index (χ4v) is 1.29. The Bertz CT molecular complexity index is 316. The van der Waals surface area contributed by atoms with Crippen LogP contribution in [-0.4, -0.2) is 115 Å². The van der Waals surface area contributed by atoms with Gasteiger partial charge in [0, 0.05) is 0 Å². The molecule has 0 aromatic rings. The lowest BCUT2D eigenvalue weighted by molar-refractivity contribution is -0.118. The summed E-state index contributed by atoms with van der Waals surface area (Å²) in [4.78, 5) is 20.0. The van der Waals surface area contributed by atoms with Crippen LogP contribution < -0.4 is 11.5 Å². The van der Waals surface area contributed by atoms with Crippen LogP contribution in [0.15, 0.2) is 0 Å². The van der Waals surface area contributed by atoms with Gasteiger partial charge in [-0.15, -0.1) is 0 Å². The summed E-state index contributed by atoms with van der Waals surface area (Å²) in [6, 6.07) is -2.53. The van der Waals surface area contributed by atoms with Crippen molar-refractivity contribution in [1.82, 2.24) is 0 Å². The molecular weight excluding hydrogens is 332 g/mol. The molecule has 144 valence electrons. The van der Waals surface area contributed by atoms with Gasteiger partial charge in [-0.25, -0.2) is 0 Å². The maximum absolute atomic E-state index is 10.0. The highest BCUT2D eigenvalue weighted by atomic mass is 16.4. The molecular formula is C12H26N2O10. The quantitative estimate of drug-likeness (QED) is 0.164. The molecule has 0 radical (unpaired) electrons. The van der Waals surface area contributed by atoms with Crippen LogP contribution >= 0.6 is 0 Å². The van der Waals surface area contributed by atoms with E-state index in [-0.39, 0.29) is 12.6 Å². The summed E-state index contributed by atoms with van der Waals surface area (Å²) in [5.41, 5.74) is 10.1. The highest BCUT2D eigenvalue weighted by Gasteiger charge is 2.29. The predicted molar refractivity (Wildman–Crippen MR) is 78.3 cm³/mol. The lowest BCUT2D eigenvalue weighted by atomic mass is 10.0. The number of carbonyl (C=O) groups excluding carboxylic acids is 2. The molecule has 0 saturated carbocycles. The standard InChI is InChI=1S/2C6H13NO5/c2*7-3(1-8)5(11)6(12)4(10)2-9/h2*1,3-6,9-12H,2,7H2/t2*3-,4+,5+,6-/m00/s1. The fourth-order valence-electron chi connectivity index (χ4n) is 1.29. The second-order valence-corrected chi connectivity index (χ2v) is 4.89. The van der Waals surface area contributed by atoms with Gasteiger partial charge in [0.2, 0.25) is 0 Å². The molecule has 0 amide bonds. The second-order valence-electron chi connectivity index (χ2n) is 4.89. The van der Waals surface area contributed by atoms with E-state index < -0.39 is 61.9 Å². The first kappa shape index (κ1) is 25.2. The van der Waals surface area contributed by atoms with Crippen molar-refractivity contribution in [2.75, 3.05) is 13.2 Å². The Morgan fingerprint density at radius 2 is 0.875 bits per heavy atom. The summed E-state index contributed by atoms with van der Waals surface area (Å²) < 4.78 is 0. The molecule has 0 unspecified atom stereocenters. The summed E-state index contributed by atoms with van der Waals surface area (Å²) in [5.74, 6) is 0. The highest BCUT2D eigenvalue weighted by molar-refractivity contribution is 5.58. The highest BCUT2D eigenvalue weighted by Crippen LogP contribution is 2.02. The van der Waals surface area contributed by atoms with E-state index in [0.29, 0.717) is 0 Å². The minimum absolute atomic E-state index is 0.248. The SMILES string of the molecule is N[C@@H](C=O)[C@@H](O)[C@@H](O)[C@H](O)CO.N[C@@H](C=O)[C@@H](O)[C@@H](O)[C@H](O)CO. The first-order valence-electron chi connectivity index (χ1n) is 6.80. The van der Waals surface area contributed by atoms with Gasteiger partial charge in [-0.1, -0.05) is 0 Å². The number of nitrogens with two attached hydrogens (primary N) is 2. The topological polar surface area (TPSA) is 248 Å². The summed E-state index contributed by atoms with van der Waals surface area (Å²) >= 11 is 0. The Morgan fingerprint density at radius 1 is 0.625 bits per heavy atom. The van der Waals surface area contributed by atoms with E-state index in [1.54, 1.807) is 0 Å². The van der Waals surface area contributed by atoms with Gasteiger partial charge in [0.05, 0.1) is 25.3 Å². The molecule has 0 bridgehead atoms. The lowest BCUT2D eigenvalue weighted by Crippen LogP contribution is -2.49. The molecule has 0 rings (SSSR count). The van der Waals surface area contributed by atoms with E-state index in [1.165, 1.54) is 0 Å². The smallest absolute Gasteiger partial charge is 0.139 e. The maximum atomic E-state index is 10.0. The average Bonchev–Trinajstić information content (AvgIpc) is 2.62. The number of carbonyl (C=O) groups is 2. The Hall–Kier alpha value is -1.06. The zero-order valence-electron chi connectivity index (χ0n) is 12.7. The van der Waals surface area contributed by atoms with Crippen molar-refractivity contribution in [2.45, 2.75) is 48.7 Å². The lowest BCUT2D eigenvalue weighted by Gasteiger charge is -2.23. The molecule has 0 spiro atoms. The first-order valence-corrected chi connectivity index (χ1v) is 6.80. The summed E-state index contributed by atoms with van der Waals surface area (Å²) in [6.45, 7) is -1.41. The van der Waals surface area contributed by atoms with Crippen molar-refractivity contribution < 1.29 is 50.4 Å². The van der Waals surface area contributed by atoms with Gasteiger partial charge in [0.25, 0.3) is 0 Å². The molecule has 12 heteroatoms. The Morgan fingerprint density at radius 3 is 1.04 bits per heavy atom. The number of aliphatic hydroxyl groups is 8. The van der Waals surface area contributed by atoms with Crippen LogP contribution in [-0.2, 0) is 9.59 Å². The number of aldehydes is 2. The third kappa shape index (κ3) is 8.70. The number of rotatable bonds is 10. The van der Waals surface area contributed by atoms with Gasteiger partial charge in [-0.05, 0) is 0 Å². The van der Waals surface area contributed by atoms with Crippen LogP contribution in [0.5, 0.6) is 0 Å². The first-order chi connectivity index (χ1) is 11.1. The van der Waals surface area contributed by atoms with Crippen molar-refractivity contribution >= 4 is 12.6 Å². The molecule has 0 aliphatic carbocycles. The largest absolute Gasteiger partial charge is 0.394 e. The van der Waals surface area contributed by atoms with E-state index in [9.17, 15) is 9.59 Å². The van der Waals surface area contributed by atoms with Gasteiger partial charge in [0.1, 0.15) is 49.2 Å². The van der Waals surface area contributed by atoms with Crippen LogP contribution in [0, 0.1) is 0 Å². The molecule has 24 heavy (non-hydrogen) atoms. The average molecular weight is 358 g/mol. The normalized spacial score (nSPS) is 21.1. The molecule has 8 atom stereocenters. The molecule has 0 aliphatic heterocycles. The third-order valence-electron chi connectivity index (χ3n) is 2.97. The molecule has 12 N–H and O–H groups in total. The van der Waals surface area contributed by atoms with Crippen molar-refractivity contribution in [3.63, 3.8) is 0 Å². The monoisotopic (exact) mass is 358 g/mol. The minimum Gasteiger partial charge on any atom is -0.394 e. The molecule has 0 fully saturated rings. The van der Waals surface area contributed by atoms with Crippen LogP contribution in [0.4, 0.5) is 0 Å². The number of aliphatic hydroxyl groups excluding tert-OH is 8. The minimum atomic E-state index is -1.62. The summed E-state index contributed by atoms with van der Waals surface area (Å²) in [6.07, 6.45) is -8.85. The van der Waals surface area contributed by atoms with Crippen molar-refractivity contribution in [2.24, 2.45) is 11.5 Å². The van der Waals surface area contributed by atoms with Crippen LogP contribution in [0.3, 0.4) is 0 Å². The van der Waals surface area contributed by atoms with Crippen LogP contribution in [0.1, 0.15) is 0 Å². The van der Waals surface area contributed by atoms with E-state index in [4.69, 9.17) is 52.3 Å². The summed E-state index contributed by atoms with van der Waals surface area (Å²) in [5, 5.41) is 70.3.